The van der Waals surface area contributed by atoms with Crippen LogP contribution in [0.2, 0.25) is 0 Å². The third-order valence-electron chi connectivity index (χ3n) is 5.11. The van der Waals surface area contributed by atoms with Crippen molar-refractivity contribution in [3.05, 3.63) is 59.7 Å². The van der Waals surface area contributed by atoms with Gasteiger partial charge in [0.25, 0.3) is 5.91 Å². The lowest BCUT2D eigenvalue weighted by molar-refractivity contribution is -0.133. The number of methoxy groups -OCH3 is 1. The van der Waals surface area contributed by atoms with E-state index in [1.807, 2.05) is 12.1 Å². The molecule has 0 saturated carbocycles. The van der Waals surface area contributed by atoms with Gasteiger partial charge in [-0.3, -0.25) is 14.5 Å². The summed E-state index contributed by atoms with van der Waals surface area (Å²) < 4.78 is 5.13. The first kappa shape index (κ1) is 20.4. The van der Waals surface area contributed by atoms with Crippen LogP contribution in [-0.4, -0.2) is 36.4 Å². The Kier molecular flexibility index (Phi) is 5.59. The molecule has 0 bridgehead atoms. The first-order valence-corrected chi connectivity index (χ1v) is 9.43. The minimum Gasteiger partial charge on any atom is -0.497 e. The molecule has 1 saturated heterocycles. The molecule has 0 aromatic heterocycles. The van der Waals surface area contributed by atoms with Crippen molar-refractivity contribution in [3.63, 3.8) is 0 Å². The van der Waals surface area contributed by atoms with E-state index < -0.39 is 23.4 Å². The van der Waals surface area contributed by atoms with E-state index in [1.165, 1.54) is 0 Å². The summed E-state index contributed by atoms with van der Waals surface area (Å²) in [5, 5.41) is 5.42. The summed E-state index contributed by atoms with van der Waals surface area (Å²) in [4.78, 5) is 38.7. The Morgan fingerprint density at radius 3 is 2.28 bits per heavy atom. The number of carbonyl (C=O) groups is 3. The number of carbonyl (C=O) groups excluding carboxylic acids is 3. The maximum absolute atomic E-state index is 12.9. The minimum absolute atomic E-state index is 0.359. The molecule has 7 heteroatoms. The predicted molar refractivity (Wildman–Crippen MR) is 110 cm³/mol. The zero-order valence-corrected chi connectivity index (χ0v) is 17.0. The molecule has 4 amide bonds. The van der Waals surface area contributed by atoms with Crippen molar-refractivity contribution in [2.75, 3.05) is 19.0 Å². The number of hydrogen-bond acceptors (Lipinski definition) is 4. The van der Waals surface area contributed by atoms with Crippen LogP contribution in [0.4, 0.5) is 10.5 Å². The van der Waals surface area contributed by atoms with E-state index in [2.05, 4.69) is 24.5 Å². The van der Waals surface area contributed by atoms with Crippen molar-refractivity contribution in [1.29, 1.82) is 0 Å². The molecule has 2 aromatic rings. The van der Waals surface area contributed by atoms with E-state index in [4.69, 9.17) is 4.74 Å². The lowest BCUT2D eigenvalue weighted by Crippen LogP contribution is -2.42. The number of imide groups is 1. The molecular weight excluding hydrogens is 370 g/mol. The fourth-order valence-corrected chi connectivity index (χ4v) is 3.26. The quantitative estimate of drug-likeness (QED) is 0.735. The molecule has 1 fully saturated rings. The van der Waals surface area contributed by atoms with E-state index in [0.29, 0.717) is 22.9 Å². The third-order valence-corrected chi connectivity index (χ3v) is 5.11. The number of urea groups is 1. The van der Waals surface area contributed by atoms with Gasteiger partial charge in [0.2, 0.25) is 5.91 Å². The Morgan fingerprint density at radius 2 is 1.72 bits per heavy atom. The van der Waals surface area contributed by atoms with Crippen LogP contribution in [0.1, 0.15) is 37.8 Å². The number of nitrogens with zero attached hydrogens (tertiary/aromatic N) is 1. The molecule has 3 rings (SSSR count). The largest absolute Gasteiger partial charge is 0.497 e. The van der Waals surface area contributed by atoms with Gasteiger partial charge < -0.3 is 15.4 Å². The van der Waals surface area contributed by atoms with Crippen molar-refractivity contribution in [1.82, 2.24) is 10.2 Å². The van der Waals surface area contributed by atoms with Gasteiger partial charge in [-0.1, -0.05) is 38.1 Å². The lowest BCUT2D eigenvalue weighted by atomic mass is 9.92. The number of nitrogens with one attached hydrogen (secondary N) is 2. The van der Waals surface area contributed by atoms with Crippen LogP contribution in [0.5, 0.6) is 5.75 Å². The molecular formula is C22H25N3O4. The molecule has 0 aliphatic carbocycles. The summed E-state index contributed by atoms with van der Waals surface area (Å²) in [5.41, 5.74) is 1.16. The molecule has 0 spiro atoms. The van der Waals surface area contributed by atoms with E-state index in [0.717, 1.165) is 10.5 Å². The van der Waals surface area contributed by atoms with E-state index in [9.17, 15) is 14.4 Å². The molecule has 29 heavy (non-hydrogen) atoms. The highest BCUT2D eigenvalue weighted by Crippen LogP contribution is 2.30. The molecule has 1 heterocycles. The Balaban J connectivity index is 1.69. The Labute approximate surface area is 170 Å². The van der Waals surface area contributed by atoms with Crippen LogP contribution in [0, 0.1) is 0 Å². The lowest BCUT2D eigenvalue weighted by Gasteiger charge is -2.22. The highest BCUT2D eigenvalue weighted by molar-refractivity contribution is 6.10. The van der Waals surface area contributed by atoms with Crippen LogP contribution in [0.25, 0.3) is 0 Å². The van der Waals surface area contributed by atoms with Crippen molar-refractivity contribution in [2.45, 2.75) is 32.2 Å². The monoisotopic (exact) mass is 395 g/mol. The highest BCUT2D eigenvalue weighted by Gasteiger charge is 2.49. The van der Waals surface area contributed by atoms with Gasteiger partial charge in [-0.05, 0) is 48.2 Å². The van der Waals surface area contributed by atoms with Gasteiger partial charge in [0.15, 0.2) is 0 Å². The smallest absolute Gasteiger partial charge is 0.325 e. The molecule has 2 aromatic carbocycles. The van der Waals surface area contributed by atoms with Gasteiger partial charge in [0, 0.05) is 5.69 Å². The van der Waals surface area contributed by atoms with Gasteiger partial charge in [0.05, 0.1) is 7.11 Å². The van der Waals surface area contributed by atoms with Gasteiger partial charge >= 0.3 is 6.03 Å². The van der Waals surface area contributed by atoms with E-state index >= 15 is 0 Å². The first-order chi connectivity index (χ1) is 13.7. The van der Waals surface area contributed by atoms with Crippen molar-refractivity contribution in [2.24, 2.45) is 0 Å². The second kappa shape index (κ2) is 7.95. The zero-order chi connectivity index (χ0) is 21.2. The Hall–Kier alpha value is -3.35. The number of hydrogen-bond donors (Lipinski definition) is 2. The second-order valence-corrected chi connectivity index (χ2v) is 7.50. The summed E-state index contributed by atoms with van der Waals surface area (Å²) in [6.07, 6.45) is 0. The zero-order valence-electron chi connectivity index (χ0n) is 17.0. The van der Waals surface area contributed by atoms with E-state index in [-0.39, 0.29) is 6.54 Å². The van der Waals surface area contributed by atoms with Gasteiger partial charge in [-0.25, -0.2) is 4.79 Å². The maximum atomic E-state index is 12.9. The number of rotatable bonds is 6. The third kappa shape index (κ3) is 4.08. The average Bonchev–Trinajstić information content (AvgIpc) is 2.92. The summed E-state index contributed by atoms with van der Waals surface area (Å²) in [6, 6.07) is 13.8. The molecule has 2 N–H and O–H groups in total. The summed E-state index contributed by atoms with van der Waals surface area (Å²) in [6.45, 7) is 5.44. The summed E-state index contributed by atoms with van der Waals surface area (Å²) >= 11 is 0. The van der Waals surface area contributed by atoms with Crippen LogP contribution in [-0.2, 0) is 15.1 Å². The predicted octanol–water partition coefficient (Wildman–Crippen LogP) is 3.22. The summed E-state index contributed by atoms with van der Waals surface area (Å²) in [5.74, 6) is 0.123. The maximum Gasteiger partial charge on any atom is 0.325 e. The molecule has 0 unspecified atom stereocenters. The van der Waals surface area contributed by atoms with Crippen LogP contribution >= 0.6 is 0 Å². The Bertz CT molecular complexity index is 922. The average molecular weight is 395 g/mol. The van der Waals surface area contributed by atoms with Crippen LogP contribution < -0.4 is 15.4 Å². The number of anilines is 1. The normalized spacial score (nSPS) is 18.7. The van der Waals surface area contributed by atoms with Gasteiger partial charge in [-0.2, -0.15) is 0 Å². The summed E-state index contributed by atoms with van der Waals surface area (Å²) in [7, 11) is 1.55. The molecule has 0 radical (unpaired) electrons. The van der Waals surface area contributed by atoms with Crippen molar-refractivity contribution >= 4 is 23.5 Å². The van der Waals surface area contributed by atoms with E-state index in [1.54, 1.807) is 50.4 Å². The second-order valence-electron chi connectivity index (χ2n) is 7.50. The Morgan fingerprint density at radius 1 is 1.10 bits per heavy atom. The molecule has 1 atom stereocenters. The minimum atomic E-state index is -1.23. The first-order valence-electron chi connectivity index (χ1n) is 9.43. The molecule has 1 aliphatic heterocycles. The standard InChI is InChI=1S/C22H25N3O4/c1-14(2)15-5-9-17(10-6-15)23-19(26)13-25-20(27)22(3,24-21(25)28)16-7-11-18(29-4)12-8-16/h5-12,14H,13H2,1-4H3,(H,23,26)(H,24,28)/t22-/m0/s1. The van der Waals surface area contributed by atoms with Gasteiger partial charge in [0.1, 0.15) is 17.8 Å². The topological polar surface area (TPSA) is 87.7 Å². The molecule has 1 aliphatic rings. The van der Waals surface area contributed by atoms with Gasteiger partial charge in [-0.15, -0.1) is 0 Å². The number of benzene rings is 2. The SMILES string of the molecule is COc1ccc([C@]2(C)NC(=O)N(CC(=O)Nc3ccc(C(C)C)cc3)C2=O)cc1. The fraction of sp³-hybridized carbons (Fsp3) is 0.318. The van der Waals surface area contributed by atoms with Crippen molar-refractivity contribution < 1.29 is 19.1 Å². The van der Waals surface area contributed by atoms with Crippen LogP contribution in [0.3, 0.4) is 0 Å². The molecule has 7 nitrogen and oxygen atoms in total. The van der Waals surface area contributed by atoms with Crippen molar-refractivity contribution in [3.8, 4) is 5.75 Å². The highest BCUT2D eigenvalue weighted by atomic mass is 16.5. The number of amides is 4. The fourth-order valence-electron chi connectivity index (χ4n) is 3.26. The number of ether oxygens (including phenoxy) is 1. The molecule has 152 valence electrons. The van der Waals surface area contributed by atoms with Crippen LogP contribution in [0.15, 0.2) is 48.5 Å².